The van der Waals surface area contributed by atoms with E-state index in [9.17, 15) is 29.4 Å². The van der Waals surface area contributed by atoms with Crippen LogP contribution in [-0.2, 0) is 14.2 Å². The van der Waals surface area contributed by atoms with E-state index in [-0.39, 0.29) is 18.1 Å². The van der Waals surface area contributed by atoms with Crippen molar-refractivity contribution in [1.82, 2.24) is 19.8 Å². The standard InChI is InChI=1S/C22H33N5O9/c1-11-8-26(17(31)23-14(11)30)15-12-13(29)22(10-28,34-15)9-27(12)16(24-18(32)35-20(2,3)4)25-19(33)36-21(5,6)7/h8,12-13,15,28-29H,9-10H2,1-7H3,(H,23,30,31)(H,24,25,32,33)/t12?,13?,15-,22-/m1/s1. The maximum Gasteiger partial charge on any atom is 0.437 e. The smallest absolute Gasteiger partial charge is 0.437 e. The highest BCUT2D eigenvalue weighted by molar-refractivity contribution is 5.99. The Morgan fingerprint density at radius 1 is 1.22 bits per heavy atom. The summed E-state index contributed by atoms with van der Waals surface area (Å²) in [5.41, 5.74) is -4.54. The zero-order valence-electron chi connectivity index (χ0n) is 21.3. The van der Waals surface area contributed by atoms with Crippen LogP contribution in [0.25, 0.3) is 0 Å². The van der Waals surface area contributed by atoms with Crippen LogP contribution < -0.4 is 16.6 Å². The van der Waals surface area contributed by atoms with Crippen molar-refractivity contribution in [1.29, 1.82) is 0 Å². The zero-order chi connectivity index (χ0) is 27.2. The Kier molecular flexibility index (Phi) is 7.09. The number of fused-ring (bicyclic) bond motifs is 2. The first kappa shape index (κ1) is 27.4. The molecule has 14 heteroatoms. The van der Waals surface area contributed by atoms with Crippen molar-refractivity contribution in [3.8, 4) is 0 Å². The van der Waals surface area contributed by atoms with Gasteiger partial charge < -0.3 is 29.3 Å². The topological polar surface area (TPSA) is 185 Å². The number of aliphatic hydroxyl groups is 2. The number of ether oxygens (including phenoxy) is 3. The summed E-state index contributed by atoms with van der Waals surface area (Å²) in [6, 6.07) is -1.10. The highest BCUT2D eigenvalue weighted by Crippen LogP contribution is 2.46. The summed E-state index contributed by atoms with van der Waals surface area (Å²) in [5, 5.41) is 23.6. The number of aliphatic imine (C=N–C) groups is 1. The molecule has 0 spiro atoms. The minimum absolute atomic E-state index is 0.194. The summed E-state index contributed by atoms with van der Waals surface area (Å²) in [6.45, 7) is 10.5. The van der Waals surface area contributed by atoms with Crippen LogP contribution in [0.5, 0.6) is 0 Å². The number of carbonyl (C=O) groups excluding carboxylic acids is 2. The number of guanidine groups is 1. The maximum atomic E-state index is 12.6. The van der Waals surface area contributed by atoms with Crippen LogP contribution in [0.2, 0.25) is 0 Å². The Hall–Kier alpha value is -3.23. The van der Waals surface area contributed by atoms with Gasteiger partial charge in [0, 0.05) is 11.8 Å². The first-order valence-electron chi connectivity index (χ1n) is 11.3. The molecular weight excluding hydrogens is 478 g/mol. The molecule has 0 radical (unpaired) electrons. The molecule has 2 aliphatic heterocycles. The lowest BCUT2D eigenvalue weighted by Gasteiger charge is -2.38. The predicted octanol–water partition coefficient (Wildman–Crippen LogP) is -0.0342. The van der Waals surface area contributed by atoms with E-state index in [2.05, 4.69) is 15.3 Å². The Morgan fingerprint density at radius 3 is 2.36 bits per heavy atom. The highest BCUT2D eigenvalue weighted by Gasteiger charge is 2.65. The van der Waals surface area contributed by atoms with Crippen LogP contribution in [0.1, 0.15) is 53.3 Å². The molecule has 3 heterocycles. The molecule has 3 rings (SSSR count). The van der Waals surface area contributed by atoms with Crippen molar-refractivity contribution in [2.24, 2.45) is 4.99 Å². The molecule has 0 saturated carbocycles. The van der Waals surface area contributed by atoms with E-state index in [1.807, 2.05) is 0 Å². The molecule has 2 aliphatic rings. The van der Waals surface area contributed by atoms with Gasteiger partial charge in [-0.05, 0) is 48.5 Å². The number of rotatable bonds is 2. The molecule has 2 fully saturated rings. The number of hydrogen-bond acceptors (Lipinski definition) is 9. The van der Waals surface area contributed by atoms with E-state index in [0.29, 0.717) is 0 Å². The number of morpholine rings is 1. The molecule has 14 nitrogen and oxygen atoms in total. The van der Waals surface area contributed by atoms with Crippen LogP contribution in [-0.4, -0.2) is 84.9 Å². The van der Waals surface area contributed by atoms with E-state index in [0.717, 1.165) is 4.57 Å². The first-order valence-corrected chi connectivity index (χ1v) is 11.3. The molecule has 2 saturated heterocycles. The number of likely N-dealkylation sites (tertiary alicyclic amines) is 1. The van der Waals surface area contributed by atoms with Gasteiger partial charge in [0.25, 0.3) is 5.56 Å². The van der Waals surface area contributed by atoms with Gasteiger partial charge in [-0.1, -0.05) is 0 Å². The molecule has 0 aromatic carbocycles. The number of aryl methyl sites for hydroxylation is 1. The van der Waals surface area contributed by atoms with Gasteiger partial charge in [-0.2, -0.15) is 0 Å². The number of nitrogens with one attached hydrogen (secondary N) is 2. The van der Waals surface area contributed by atoms with Gasteiger partial charge in [-0.3, -0.25) is 19.7 Å². The second-order valence-corrected chi connectivity index (χ2v) is 10.8. The van der Waals surface area contributed by atoms with Crippen molar-refractivity contribution >= 4 is 18.1 Å². The molecule has 4 atom stereocenters. The van der Waals surface area contributed by atoms with E-state index in [4.69, 9.17) is 14.2 Å². The monoisotopic (exact) mass is 511 g/mol. The molecule has 1 aromatic rings. The number of amides is 2. The van der Waals surface area contributed by atoms with E-state index in [1.54, 1.807) is 41.5 Å². The average Bonchev–Trinajstić information content (AvgIpc) is 3.15. The van der Waals surface area contributed by atoms with E-state index in [1.165, 1.54) is 18.0 Å². The molecule has 4 N–H and O–H groups in total. The molecule has 0 aliphatic carbocycles. The molecule has 2 amide bonds. The highest BCUT2D eigenvalue weighted by atomic mass is 16.6. The number of hydrogen-bond donors (Lipinski definition) is 4. The number of aliphatic hydroxyl groups excluding tert-OH is 2. The van der Waals surface area contributed by atoms with Crippen LogP contribution in [0.4, 0.5) is 9.59 Å². The Labute approximate surface area is 206 Å². The van der Waals surface area contributed by atoms with Crippen LogP contribution in [0.15, 0.2) is 20.8 Å². The van der Waals surface area contributed by atoms with Gasteiger partial charge >= 0.3 is 17.9 Å². The second kappa shape index (κ2) is 9.33. The Balaban J connectivity index is 2.06. The van der Waals surface area contributed by atoms with Gasteiger partial charge in [-0.25, -0.2) is 14.4 Å². The normalized spacial score (nSPS) is 26.2. The van der Waals surface area contributed by atoms with Crippen molar-refractivity contribution in [3.63, 3.8) is 0 Å². The van der Waals surface area contributed by atoms with Gasteiger partial charge in [0.2, 0.25) is 5.96 Å². The van der Waals surface area contributed by atoms with Crippen LogP contribution >= 0.6 is 0 Å². The Bertz CT molecular complexity index is 1180. The number of nitrogens with zero attached hydrogens (tertiary/aromatic N) is 3. The average molecular weight is 512 g/mol. The minimum atomic E-state index is -1.58. The largest absolute Gasteiger partial charge is 0.444 e. The summed E-state index contributed by atoms with van der Waals surface area (Å²) in [7, 11) is 0. The summed E-state index contributed by atoms with van der Waals surface area (Å²) >= 11 is 0. The second-order valence-electron chi connectivity index (χ2n) is 10.8. The quantitative estimate of drug-likeness (QED) is 0.310. The fourth-order valence-corrected chi connectivity index (χ4v) is 4.02. The lowest BCUT2D eigenvalue weighted by molar-refractivity contribution is -0.146. The molecule has 2 unspecified atom stereocenters. The first-order chi connectivity index (χ1) is 16.5. The summed E-state index contributed by atoms with van der Waals surface area (Å²) < 4.78 is 17.5. The van der Waals surface area contributed by atoms with Gasteiger partial charge in [0.1, 0.15) is 28.9 Å². The number of H-pyrrole nitrogens is 1. The third-order valence-electron chi connectivity index (χ3n) is 5.47. The molecule has 2 bridgehead atoms. The van der Waals surface area contributed by atoms with E-state index >= 15 is 0 Å². The lowest BCUT2D eigenvalue weighted by Crippen LogP contribution is -2.56. The van der Waals surface area contributed by atoms with Crippen molar-refractivity contribution in [3.05, 3.63) is 32.6 Å². The van der Waals surface area contributed by atoms with Gasteiger partial charge in [0.15, 0.2) is 6.23 Å². The summed E-state index contributed by atoms with van der Waals surface area (Å²) in [4.78, 5) is 56.9. The minimum Gasteiger partial charge on any atom is -0.444 e. The lowest BCUT2D eigenvalue weighted by atomic mass is 10.0. The van der Waals surface area contributed by atoms with Crippen molar-refractivity contribution in [2.75, 3.05) is 13.2 Å². The fraction of sp³-hybridized carbons (Fsp3) is 0.682. The molecular formula is C22H33N5O9. The zero-order valence-corrected chi connectivity index (χ0v) is 21.3. The predicted molar refractivity (Wildman–Crippen MR) is 126 cm³/mol. The van der Waals surface area contributed by atoms with Crippen LogP contribution in [0.3, 0.4) is 0 Å². The third-order valence-corrected chi connectivity index (χ3v) is 5.47. The van der Waals surface area contributed by atoms with Crippen LogP contribution in [0, 0.1) is 6.92 Å². The number of aromatic nitrogens is 2. The van der Waals surface area contributed by atoms with Crippen molar-refractivity contribution in [2.45, 2.75) is 83.6 Å². The van der Waals surface area contributed by atoms with Gasteiger partial charge in [-0.15, -0.1) is 4.99 Å². The molecule has 1 aromatic heterocycles. The molecule has 200 valence electrons. The van der Waals surface area contributed by atoms with Gasteiger partial charge in [0.05, 0.1) is 13.2 Å². The number of aromatic amines is 1. The number of alkyl carbamates (subject to hydrolysis) is 1. The Morgan fingerprint density at radius 2 is 1.83 bits per heavy atom. The SMILES string of the molecule is Cc1cn([C@@H]2O[C@@]3(CO)CN(/C(=N\C(=O)OC(C)(C)C)NC(=O)OC(C)(C)C)C2C3O)c(=O)[nH]c1=O. The summed E-state index contributed by atoms with van der Waals surface area (Å²) in [5.74, 6) is -0.333. The van der Waals surface area contributed by atoms with Crippen molar-refractivity contribution < 1.29 is 34.0 Å². The summed E-state index contributed by atoms with van der Waals surface area (Å²) in [6.07, 6.45) is -3.29. The molecule has 36 heavy (non-hydrogen) atoms. The fourth-order valence-electron chi connectivity index (χ4n) is 4.02. The third kappa shape index (κ3) is 5.60. The van der Waals surface area contributed by atoms with E-state index < -0.39 is 65.2 Å². The maximum absolute atomic E-state index is 12.6. The number of carbonyl (C=O) groups is 2.